The normalized spacial score (nSPS) is 11.9. The number of hydrogen-bond acceptors (Lipinski definition) is 7. The number of alkyl halides is 3. The molecule has 0 saturated carbocycles. The molecule has 2 rings (SSSR count). The molecule has 4 N–H and O–H groups in total. The molecule has 0 atom stereocenters. The highest BCUT2D eigenvalue weighted by atomic mass is 19.4. The van der Waals surface area contributed by atoms with Crippen molar-refractivity contribution in [2.75, 3.05) is 31.3 Å². The van der Waals surface area contributed by atoms with E-state index in [9.17, 15) is 27.5 Å². The van der Waals surface area contributed by atoms with Crippen LogP contribution in [-0.4, -0.2) is 47.3 Å². The minimum Gasteiger partial charge on any atom is -0.389 e. The van der Waals surface area contributed by atoms with E-state index in [0.717, 1.165) is 6.07 Å². The Hall–Kier alpha value is -2.99. The van der Waals surface area contributed by atoms with Gasteiger partial charge in [0.25, 0.3) is 5.91 Å². The van der Waals surface area contributed by atoms with Crippen LogP contribution in [0.2, 0.25) is 0 Å². The van der Waals surface area contributed by atoms with E-state index in [1.165, 1.54) is 34.1 Å². The topological polar surface area (TPSA) is 108 Å². The lowest BCUT2D eigenvalue weighted by Crippen LogP contribution is -2.38. The Kier molecular flexibility index (Phi) is 7.39. The average Bonchev–Trinajstić information content (AvgIpc) is 2.66. The summed E-state index contributed by atoms with van der Waals surface area (Å²) in [6.07, 6.45) is -4.05. The zero-order valence-corrected chi connectivity index (χ0v) is 17.3. The van der Waals surface area contributed by atoms with E-state index in [0.29, 0.717) is 11.8 Å². The van der Waals surface area contributed by atoms with Crippen LogP contribution >= 0.6 is 0 Å². The van der Waals surface area contributed by atoms with Gasteiger partial charge in [-0.25, -0.2) is 9.37 Å². The van der Waals surface area contributed by atoms with Gasteiger partial charge in [0, 0.05) is 38.1 Å². The Labute approximate surface area is 176 Å². The minimum atomic E-state index is -4.65. The summed E-state index contributed by atoms with van der Waals surface area (Å²) >= 11 is 0. The first-order valence-electron chi connectivity index (χ1n) is 9.06. The number of rotatable bonds is 8. The summed E-state index contributed by atoms with van der Waals surface area (Å²) in [7, 11) is 2.66. The van der Waals surface area contributed by atoms with E-state index in [1.54, 1.807) is 0 Å². The molecule has 0 bridgehead atoms. The number of aliphatic hydroxyl groups is 1. The van der Waals surface area contributed by atoms with Crippen molar-refractivity contribution in [2.45, 2.75) is 32.2 Å². The molecular formula is C19H23F4N5O3. The van der Waals surface area contributed by atoms with E-state index < -0.39 is 34.9 Å². The van der Waals surface area contributed by atoms with Crippen molar-refractivity contribution < 1.29 is 32.2 Å². The van der Waals surface area contributed by atoms with E-state index in [-0.39, 0.29) is 30.4 Å². The number of amides is 1. The summed E-state index contributed by atoms with van der Waals surface area (Å²) in [5.74, 6) is -2.31. The van der Waals surface area contributed by atoms with Gasteiger partial charge >= 0.3 is 6.18 Å². The van der Waals surface area contributed by atoms with Crippen molar-refractivity contribution in [1.82, 2.24) is 15.3 Å². The average molecular weight is 445 g/mol. The second-order valence-electron chi connectivity index (χ2n) is 7.25. The molecule has 0 aliphatic rings. The first kappa shape index (κ1) is 24.3. The van der Waals surface area contributed by atoms with Gasteiger partial charge in [0.05, 0.1) is 17.8 Å². The molecule has 0 radical (unpaired) electrons. The second kappa shape index (κ2) is 9.43. The van der Waals surface area contributed by atoms with Gasteiger partial charge in [0.1, 0.15) is 17.2 Å². The summed E-state index contributed by atoms with van der Waals surface area (Å²) < 4.78 is 58.7. The summed E-state index contributed by atoms with van der Waals surface area (Å²) in [4.78, 5) is 19.7. The number of carbonyl (C=O) groups excluding carboxylic acids is 1. The lowest BCUT2D eigenvalue weighted by molar-refractivity contribution is -0.137. The molecular weight excluding hydrogens is 422 g/mol. The van der Waals surface area contributed by atoms with Gasteiger partial charge < -0.3 is 25.8 Å². The van der Waals surface area contributed by atoms with Crippen LogP contribution in [0.4, 0.5) is 35.0 Å². The zero-order valence-electron chi connectivity index (χ0n) is 17.3. The number of ether oxygens (including phenoxy) is 1. The van der Waals surface area contributed by atoms with Crippen molar-refractivity contribution in [3.05, 3.63) is 40.8 Å². The fourth-order valence-electron chi connectivity index (χ4n) is 2.54. The monoisotopic (exact) mass is 445 g/mol. The van der Waals surface area contributed by atoms with Crippen LogP contribution in [0.5, 0.6) is 0 Å². The molecule has 170 valence electrons. The van der Waals surface area contributed by atoms with Crippen LogP contribution in [0.1, 0.15) is 35.3 Å². The Morgan fingerprint density at radius 3 is 2.48 bits per heavy atom. The maximum Gasteiger partial charge on any atom is 0.421 e. The first-order valence-corrected chi connectivity index (χ1v) is 9.06. The number of nitrogens with one attached hydrogen (secondary N) is 3. The van der Waals surface area contributed by atoms with Crippen LogP contribution in [0.3, 0.4) is 0 Å². The molecule has 0 aliphatic carbocycles. The highest BCUT2D eigenvalue weighted by Gasteiger charge is 2.35. The third kappa shape index (κ3) is 6.49. The fourth-order valence-corrected chi connectivity index (χ4v) is 2.54. The van der Waals surface area contributed by atoms with Gasteiger partial charge in [-0.2, -0.15) is 18.2 Å². The van der Waals surface area contributed by atoms with Crippen molar-refractivity contribution in [3.8, 4) is 0 Å². The number of hydrogen-bond donors (Lipinski definition) is 4. The van der Waals surface area contributed by atoms with E-state index in [4.69, 9.17) is 4.74 Å². The number of aromatic nitrogens is 2. The predicted octanol–water partition coefficient (Wildman–Crippen LogP) is 3.07. The lowest BCUT2D eigenvalue weighted by atomic mass is 10.1. The first-order chi connectivity index (χ1) is 14.4. The Bertz CT molecular complexity index is 945. The van der Waals surface area contributed by atoms with Crippen LogP contribution in [0.25, 0.3) is 0 Å². The summed E-state index contributed by atoms with van der Waals surface area (Å²) in [6, 6.07) is 2.23. The molecule has 8 nitrogen and oxygen atoms in total. The third-order valence-electron chi connectivity index (χ3n) is 4.00. The van der Waals surface area contributed by atoms with Crippen molar-refractivity contribution in [2.24, 2.45) is 0 Å². The largest absolute Gasteiger partial charge is 0.421 e. The molecule has 0 unspecified atom stereocenters. The number of methoxy groups -OCH3 is 1. The molecule has 1 aromatic carbocycles. The minimum absolute atomic E-state index is 0.0338. The van der Waals surface area contributed by atoms with Crippen LogP contribution in [-0.2, 0) is 17.5 Å². The smallest absolute Gasteiger partial charge is 0.389 e. The Morgan fingerprint density at radius 1 is 1.26 bits per heavy atom. The molecule has 12 heteroatoms. The fraction of sp³-hybridized carbons (Fsp3) is 0.421. The molecule has 31 heavy (non-hydrogen) atoms. The predicted molar refractivity (Wildman–Crippen MR) is 106 cm³/mol. The molecule has 1 aromatic heterocycles. The molecule has 2 aromatic rings. The molecule has 1 heterocycles. The zero-order chi connectivity index (χ0) is 23.4. The lowest BCUT2D eigenvalue weighted by Gasteiger charge is -2.19. The summed E-state index contributed by atoms with van der Waals surface area (Å²) in [5.41, 5.74) is -2.07. The van der Waals surface area contributed by atoms with Crippen LogP contribution < -0.4 is 16.0 Å². The van der Waals surface area contributed by atoms with Gasteiger partial charge in [0.15, 0.2) is 0 Å². The van der Waals surface area contributed by atoms with Gasteiger partial charge in [-0.05, 0) is 26.0 Å². The van der Waals surface area contributed by atoms with Gasteiger partial charge in [-0.1, -0.05) is 0 Å². The molecule has 0 saturated heterocycles. The van der Waals surface area contributed by atoms with Crippen molar-refractivity contribution >= 4 is 23.4 Å². The molecule has 1 amide bonds. The standard InChI is InChI=1S/C19H23F4N5O3/c1-18(2,30)9-26-16(29)11-5-10(8-31-4)14(6-13(11)20)27-17-25-7-12(19(21,22)23)15(24-3)28-17/h5-7,30H,8-9H2,1-4H3,(H,26,29)(H2,24,25,27,28). The van der Waals surface area contributed by atoms with Crippen LogP contribution in [0, 0.1) is 5.82 Å². The van der Waals surface area contributed by atoms with Gasteiger partial charge in [-0.3, -0.25) is 4.79 Å². The number of halogens is 4. The second-order valence-corrected chi connectivity index (χ2v) is 7.25. The Balaban J connectivity index is 2.37. The van der Waals surface area contributed by atoms with E-state index in [1.807, 2.05) is 0 Å². The molecule has 0 fully saturated rings. The van der Waals surface area contributed by atoms with Gasteiger partial charge in [-0.15, -0.1) is 0 Å². The Morgan fingerprint density at radius 2 is 1.94 bits per heavy atom. The summed E-state index contributed by atoms with van der Waals surface area (Å²) in [5, 5.41) is 17.1. The van der Waals surface area contributed by atoms with E-state index >= 15 is 0 Å². The number of benzene rings is 1. The highest BCUT2D eigenvalue weighted by Crippen LogP contribution is 2.34. The van der Waals surface area contributed by atoms with Crippen molar-refractivity contribution in [3.63, 3.8) is 0 Å². The molecule has 0 spiro atoms. The number of anilines is 3. The van der Waals surface area contributed by atoms with E-state index in [2.05, 4.69) is 25.9 Å². The van der Waals surface area contributed by atoms with Crippen molar-refractivity contribution in [1.29, 1.82) is 0 Å². The van der Waals surface area contributed by atoms with Gasteiger partial charge in [0.2, 0.25) is 5.95 Å². The van der Waals surface area contributed by atoms with Crippen LogP contribution in [0.15, 0.2) is 18.3 Å². The summed E-state index contributed by atoms with van der Waals surface area (Å²) in [6.45, 7) is 2.83. The molecule has 0 aliphatic heterocycles. The highest BCUT2D eigenvalue weighted by molar-refractivity contribution is 5.95. The third-order valence-corrected chi connectivity index (χ3v) is 4.00. The SMILES string of the molecule is CNc1nc(Nc2cc(F)c(C(=O)NCC(C)(C)O)cc2COC)ncc1C(F)(F)F. The maximum atomic E-state index is 14.6. The quantitative estimate of drug-likeness (QED) is 0.463. The number of carbonyl (C=O) groups is 1. The number of nitrogens with zero attached hydrogens (tertiary/aromatic N) is 2. The maximum absolute atomic E-state index is 14.6.